The molecule has 0 radical (unpaired) electrons. The van der Waals surface area contributed by atoms with E-state index < -0.39 is 0 Å². The quantitative estimate of drug-likeness (QED) is 0.215. The van der Waals surface area contributed by atoms with Gasteiger partial charge in [-0.3, -0.25) is 0 Å². The zero-order valence-electron chi connectivity index (χ0n) is 23.6. The molecule has 0 aliphatic heterocycles. The van der Waals surface area contributed by atoms with E-state index in [9.17, 15) is 0 Å². The van der Waals surface area contributed by atoms with Crippen LogP contribution in [0.15, 0.2) is 162 Å². The van der Waals surface area contributed by atoms with E-state index >= 15 is 0 Å². The normalized spacial score (nSPS) is 17.5. The van der Waals surface area contributed by atoms with Gasteiger partial charge in [-0.05, 0) is 55.1 Å². The average molecular weight is 549 g/mol. The molecule has 0 N–H and O–H groups in total. The van der Waals surface area contributed by atoms with Gasteiger partial charge in [-0.1, -0.05) is 152 Å². The summed E-state index contributed by atoms with van der Waals surface area (Å²) in [6, 6.07) is 48.3. The minimum atomic E-state index is 0.249. The van der Waals surface area contributed by atoms with Gasteiger partial charge in [0.25, 0.3) is 0 Å². The molecule has 2 unspecified atom stereocenters. The van der Waals surface area contributed by atoms with Crippen LogP contribution in [-0.4, -0.2) is 0 Å². The summed E-state index contributed by atoms with van der Waals surface area (Å²) in [6.07, 6.45) is 9.22. The van der Waals surface area contributed by atoms with Gasteiger partial charge < -0.3 is 4.42 Å². The Morgan fingerprint density at radius 3 is 1.84 bits per heavy atom. The maximum absolute atomic E-state index is 6.36. The van der Waals surface area contributed by atoms with E-state index in [1.54, 1.807) is 0 Å². The Labute approximate surface area is 250 Å². The fourth-order valence-corrected chi connectivity index (χ4v) is 7.41. The molecule has 6 aromatic carbocycles. The van der Waals surface area contributed by atoms with Crippen molar-refractivity contribution in [1.29, 1.82) is 0 Å². The molecule has 1 aromatic heterocycles. The van der Waals surface area contributed by atoms with Crippen molar-refractivity contribution in [2.24, 2.45) is 11.8 Å². The second kappa shape index (κ2) is 9.58. The van der Waals surface area contributed by atoms with Gasteiger partial charge in [0.1, 0.15) is 11.2 Å². The number of benzene rings is 6. The molecule has 202 valence electrons. The number of rotatable bonds is 3. The Bertz CT molecular complexity index is 2390. The second-order valence-electron chi connectivity index (χ2n) is 11.6. The Kier molecular flexibility index (Phi) is 5.39. The topological polar surface area (TPSA) is 13.1 Å². The number of para-hydroxylation sites is 2. The summed E-state index contributed by atoms with van der Waals surface area (Å²) in [5.41, 5.74) is 9.55. The zero-order valence-corrected chi connectivity index (χ0v) is 23.6. The molecule has 0 amide bonds. The van der Waals surface area contributed by atoms with Gasteiger partial charge in [0.15, 0.2) is 0 Å². The lowest BCUT2D eigenvalue weighted by molar-refractivity contribution is 0.670. The van der Waals surface area contributed by atoms with Gasteiger partial charge >= 0.3 is 0 Å². The molecule has 2 atom stereocenters. The van der Waals surface area contributed by atoms with Gasteiger partial charge in [-0.15, -0.1) is 0 Å². The molecule has 1 heterocycles. The van der Waals surface area contributed by atoms with Crippen LogP contribution >= 0.6 is 0 Å². The Hall–Kier alpha value is -5.40. The van der Waals surface area contributed by atoms with Crippen LogP contribution in [0, 0.1) is 11.8 Å². The minimum absolute atomic E-state index is 0.249. The summed E-state index contributed by atoms with van der Waals surface area (Å²) in [4.78, 5) is 0. The molecule has 0 saturated carbocycles. The third-order valence-corrected chi connectivity index (χ3v) is 9.30. The second-order valence-corrected chi connectivity index (χ2v) is 11.6. The summed E-state index contributed by atoms with van der Waals surface area (Å²) in [5.74, 6) is 0.503. The van der Waals surface area contributed by atoms with E-state index in [1.165, 1.54) is 43.5 Å². The molecule has 9 rings (SSSR count). The number of fused-ring (bicyclic) bond motifs is 6. The van der Waals surface area contributed by atoms with Crippen molar-refractivity contribution in [2.45, 2.75) is 0 Å². The summed E-state index contributed by atoms with van der Waals surface area (Å²) >= 11 is 0. The Morgan fingerprint density at radius 2 is 1.00 bits per heavy atom. The lowest BCUT2D eigenvalue weighted by atomic mass is 9.69. The average Bonchev–Trinajstić information content (AvgIpc) is 3.46. The largest absolute Gasteiger partial charge is 0.455 e. The van der Waals surface area contributed by atoms with Crippen LogP contribution in [0.2, 0.25) is 0 Å². The molecule has 1 heteroatoms. The maximum Gasteiger partial charge on any atom is 0.143 e. The van der Waals surface area contributed by atoms with E-state index in [0.717, 1.165) is 33.1 Å². The van der Waals surface area contributed by atoms with Gasteiger partial charge in [-0.25, -0.2) is 0 Å². The maximum atomic E-state index is 6.36. The van der Waals surface area contributed by atoms with Crippen LogP contribution in [0.1, 0.15) is 11.1 Å². The summed E-state index contributed by atoms with van der Waals surface area (Å²) in [7, 11) is 0. The van der Waals surface area contributed by atoms with Crippen LogP contribution in [0.5, 0.6) is 0 Å². The lowest BCUT2D eigenvalue weighted by Gasteiger charge is -2.33. The molecule has 2 aliphatic rings. The van der Waals surface area contributed by atoms with Crippen LogP contribution < -0.4 is 10.4 Å². The first-order valence-electron chi connectivity index (χ1n) is 15.0. The smallest absolute Gasteiger partial charge is 0.143 e. The molecular formula is C42H28O. The molecule has 2 aliphatic carbocycles. The van der Waals surface area contributed by atoms with E-state index in [-0.39, 0.29) is 11.8 Å². The molecule has 0 saturated heterocycles. The van der Waals surface area contributed by atoms with E-state index in [4.69, 9.17) is 4.42 Å². The van der Waals surface area contributed by atoms with Gasteiger partial charge in [0.05, 0.1) is 0 Å². The van der Waals surface area contributed by atoms with E-state index in [2.05, 4.69) is 146 Å². The third kappa shape index (κ3) is 3.72. The van der Waals surface area contributed by atoms with Gasteiger partial charge in [-0.2, -0.15) is 0 Å². The number of hydrogen-bond donors (Lipinski definition) is 0. The number of allylic oxidation sites excluding steroid dienone is 4. The summed E-state index contributed by atoms with van der Waals surface area (Å²) in [5, 5.41) is 7.55. The predicted octanol–water partition coefficient (Wildman–Crippen LogP) is 9.18. The highest BCUT2D eigenvalue weighted by atomic mass is 16.3. The highest BCUT2D eigenvalue weighted by molar-refractivity contribution is 6.09. The van der Waals surface area contributed by atoms with Crippen LogP contribution in [0.4, 0.5) is 0 Å². The standard InChI is InChI=1S/C42H28O/c1-2-13-30-27(11-1)12-9-20-33(30)41-36-17-5-3-15-34(36)40(35-16-4-6-18-37(35)41)29-25-23-28(24-26-29)31-19-10-21-38-32-14-7-8-22-39(32)43-42(31)38/h1-26,34,36H. The number of furan rings is 1. The van der Waals surface area contributed by atoms with Crippen molar-refractivity contribution in [3.05, 3.63) is 179 Å². The lowest BCUT2D eigenvalue weighted by Crippen LogP contribution is -2.40. The molecule has 0 bridgehead atoms. The molecule has 43 heavy (non-hydrogen) atoms. The Balaban J connectivity index is 1.26. The van der Waals surface area contributed by atoms with Crippen molar-refractivity contribution in [3.8, 4) is 11.1 Å². The first kappa shape index (κ1) is 24.2. The zero-order chi connectivity index (χ0) is 28.3. The molecular weight excluding hydrogens is 520 g/mol. The van der Waals surface area contributed by atoms with Crippen molar-refractivity contribution < 1.29 is 4.42 Å². The van der Waals surface area contributed by atoms with Crippen molar-refractivity contribution in [2.75, 3.05) is 0 Å². The molecule has 0 fully saturated rings. The summed E-state index contributed by atoms with van der Waals surface area (Å²) in [6.45, 7) is 0. The van der Waals surface area contributed by atoms with Crippen molar-refractivity contribution >= 4 is 43.9 Å². The van der Waals surface area contributed by atoms with Crippen LogP contribution in [-0.2, 0) is 0 Å². The fraction of sp³-hybridized carbons (Fsp3) is 0.0476. The molecule has 1 nitrogen and oxygen atoms in total. The first-order chi connectivity index (χ1) is 21.3. The Morgan fingerprint density at radius 1 is 0.419 bits per heavy atom. The van der Waals surface area contributed by atoms with Crippen molar-refractivity contribution in [3.63, 3.8) is 0 Å². The van der Waals surface area contributed by atoms with Crippen molar-refractivity contribution in [1.82, 2.24) is 0 Å². The molecule has 7 aromatic rings. The first-order valence-corrected chi connectivity index (χ1v) is 15.0. The SMILES string of the molecule is C1=CC2C(c3ccc(-c4cccc5c4oc4ccccc45)cc3)=c3ccccc3=C(c3cccc4ccccc34)C2C=C1. The van der Waals surface area contributed by atoms with Gasteiger partial charge in [0.2, 0.25) is 0 Å². The van der Waals surface area contributed by atoms with E-state index in [0.29, 0.717) is 0 Å². The predicted molar refractivity (Wildman–Crippen MR) is 179 cm³/mol. The highest BCUT2D eigenvalue weighted by Crippen LogP contribution is 2.42. The summed E-state index contributed by atoms with van der Waals surface area (Å²) < 4.78 is 6.36. The minimum Gasteiger partial charge on any atom is -0.455 e. The van der Waals surface area contributed by atoms with Gasteiger partial charge in [0, 0.05) is 28.2 Å². The van der Waals surface area contributed by atoms with Crippen LogP contribution in [0.3, 0.4) is 0 Å². The van der Waals surface area contributed by atoms with Crippen LogP contribution in [0.25, 0.3) is 55.0 Å². The fourth-order valence-electron chi connectivity index (χ4n) is 7.41. The van der Waals surface area contributed by atoms with E-state index in [1.807, 2.05) is 12.1 Å². The number of hydrogen-bond acceptors (Lipinski definition) is 1. The third-order valence-electron chi connectivity index (χ3n) is 9.30. The molecule has 0 spiro atoms. The monoisotopic (exact) mass is 548 g/mol. The highest BCUT2D eigenvalue weighted by Gasteiger charge is 2.32.